The fourth-order valence-corrected chi connectivity index (χ4v) is 2.80. The maximum absolute atomic E-state index is 5.39. The van der Waals surface area contributed by atoms with Gasteiger partial charge in [0.15, 0.2) is 5.11 Å². The zero-order chi connectivity index (χ0) is 19.2. The van der Waals surface area contributed by atoms with Crippen LogP contribution in [0.1, 0.15) is 11.1 Å². The van der Waals surface area contributed by atoms with Gasteiger partial charge >= 0.3 is 0 Å². The molecule has 3 rings (SSSR count). The van der Waals surface area contributed by atoms with Gasteiger partial charge in [0.1, 0.15) is 11.5 Å². The van der Waals surface area contributed by atoms with Gasteiger partial charge in [0.05, 0.1) is 32.6 Å². The summed E-state index contributed by atoms with van der Waals surface area (Å²) in [6.45, 7) is 2.78. The molecule has 27 heavy (non-hydrogen) atoms. The Labute approximate surface area is 164 Å². The first-order valence-electron chi connectivity index (χ1n) is 8.45. The van der Waals surface area contributed by atoms with Crippen LogP contribution in [0, 0.1) is 6.92 Å². The lowest BCUT2D eigenvalue weighted by Crippen LogP contribution is -2.18. The van der Waals surface area contributed by atoms with Crippen LogP contribution >= 0.6 is 12.2 Å². The smallest absolute Gasteiger partial charge is 0.175 e. The Hall–Kier alpha value is -3.06. The van der Waals surface area contributed by atoms with Crippen LogP contribution in [0.25, 0.3) is 0 Å². The van der Waals surface area contributed by atoms with Gasteiger partial charge in [-0.1, -0.05) is 29.8 Å². The number of ether oxygens (including phenoxy) is 2. The van der Waals surface area contributed by atoms with Crippen LogP contribution in [0.4, 0.5) is 11.4 Å². The molecule has 0 atom stereocenters. The summed E-state index contributed by atoms with van der Waals surface area (Å²) in [5.41, 5.74) is 4.02. The Morgan fingerprint density at radius 1 is 1.00 bits per heavy atom. The van der Waals surface area contributed by atoms with Gasteiger partial charge in [-0.3, -0.25) is 4.68 Å². The fraction of sp³-hybridized carbons (Fsp3) is 0.200. The minimum Gasteiger partial charge on any atom is -0.497 e. The lowest BCUT2D eigenvalue weighted by atomic mass is 10.1. The zero-order valence-corrected chi connectivity index (χ0v) is 16.3. The lowest BCUT2D eigenvalue weighted by Gasteiger charge is -2.12. The molecule has 2 N–H and O–H groups in total. The fourth-order valence-electron chi connectivity index (χ4n) is 2.57. The second-order valence-corrected chi connectivity index (χ2v) is 6.50. The third-order valence-electron chi connectivity index (χ3n) is 3.97. The summed E-state index contributed by atoms with van der Waals surface area (Å²) in [4.78, 5) is 0. The Balaban J connectivity index is 1.61. The van der Waals surface area contributed by atoms with E-state index in [1.807, 2.05) is 23.0 Å². The zero-order valence-electron chi connectivity index (χ0n) is 15.5. The topological polar surface area (TPSA) is 60.3 Å². The molecule has 140 valence electrons. The highest BCUT2D eigenvalue weighted by atomic mass is 32.1. The van der Waals surface area contributed by atoms with Gasteiger partial charge in [0, 0.05) is 30.1 Å². The van der Waals surface area contributed by atoms with Crippen LogP contribution in [0.2, 0.25) is 0 Å². The molecular formula is C20H22N4O2S. The number of nitrogens with one attached hydrogen (secondary N) is 2. The van der Waals surface area contributed by atoms with E-state index in [9.17, 15) is 0 Å². The van der Waals surface area contributed by atoms with Gasteiger partial charge in [-0.05, 0) is 24.7 Å². The molecular weight excluding hydrogens is 360 g/mol. The minimum atomic E-state index is 0.459. The Morgan fingerprint density at radius 2 is 1.63 bits per heavy atom. The first-order chi connectivity index (χ1) is 13.1. The molecule has 1 aromatic heterocycles. The van der Waals surface area contributed by atoms with Gasteiger partial charge in [-0.15, -0.1) is 0 Å². The molecule has 0 aliphatic rings. The number of hydrogen-bond donors (Lipinski definition) is 2. The van der Waals surface area contributed by atoms with Crippen LogP contribution in [0.15, 0.2) is 54.9 Å². The van der Waals surface area contributed by atoms with Gasteiger partial charge in [0.2, 0.25) is 0 Å². The molecule has 0 amide bonds. The average Bonchev–Trinajstić information content (AvgIpc) is 3.09. The van der Waals surface area contributed by atoms with E-state index < -0.39 is 0 Å². The van der Waals surface area contributed by atoms with Gasteiger partial charge in [-0.25, -0.2) is 0 Å². The van der Waals surface area contributed by atoms with E-state index in [-0.39, 0.29) is 0 Å². The van der Waals surface area contributed by atoms with Crippen molar-refractivity contribution in [3.63, 3.8) is 0 Å². The summed E-state index contributed by atoms with van der Waals surface area (Å²) in [6, 6.07) is 13.9. The van der Waals surface area contributed by atoms with Crippen molar-refractivity contribution >= 4 is 28.7 Å². The van der Waals surface area contributed by atoms with Gasteiger partial charge in [0.25, 0.3) is 0 Å². The maximum Gasteiger partial charge on any atom is 0.175 e. The molecule has 0 aliphatic carbocycles. The van der Waals surface area contributed by atoms with E-state index in [2.05, 4.69) is 46.9 Å². The molecule has 0 unspecified atom stereocenters. The largest absolute Gasteiger partial charge is 0.497 e. The molecule has 0 bridgehead atoms. The molecule has 0 radical (unpaired) electrons. The van der Waals surface area contributed by atoms with E-state index in [4.69, 9.17) is 21.7 Å². The number of aryl methyl sites for hydroxylation is 1. The van der Waals surface area contributed by atoms with E-state index in [0.717, 1.165) is 11.4 Å². The monoisotopic (exact) mass is 382 g/mol. The molecule has 0 aliphatic heterocycles. The van der Waals surface area contributed by atoms with Crippen LogP contribution in [-0.2, 0) is 6.54 Å². The quantitative estimate of drug-likeness (QED) is 0.627. The molecule has 0 saturated carbocycles. The number of rotatable bonds is 6. The number of methoxy groups -OCH3 is 2. The first-order valence-corrected chi connectivity index (χ1v) is 8.85. The molecule has 0 spiro atoms. The predicted octanol–water partition coefficient (Wildman–Crippen LogP) is 4.07. The van der Waals surface area contributed by atoms with Crippen molar-refractivity contribution in [1.29, 1.82) is 0 Å². The van der Waals surface area contributed by atoms with Crippen molar-refractivity contribution in [3.8, 4) is 11.5 Å². The summed E-state index contributed by atoms with van der Waals surface area (Å²) in [5.74, 6) is 1.37. The highest BCUT2D eigenvalue weighted by Crippen LogP contribution is 2.25. The number of aromatic nitrogens is 2. The first kappa shape index (κ1) is 18.7. The van der Waals surface area contributed by atoms with Gasteiger partial charge < -0.3 is 20.1 Å². The predicted molar refractivity (Wildman–Crippen MR) is 112 cm³/mol. The molecule has 2 aromatic carbocycles. The number of thiocarbonyl (C=S) groups is 1. The lowest BCUT2D eigenvalue weighted by molar-refractivity contribution is 0.395. The van der Waals surface area contributed by atoms with Crippen molar-refractivity contribution in [1.82, 2.24) is 9.78 Å². The van der Waals surface area contributed by atoms with Crippen molar-refractivity contribution in [3.05, 3.63) is 66.0 Å². The van der Waals surface area contributed by atoms with Crippen LogP contribution in [0.5, 0.6) is 11.5 Å². The molecule has 7 heteroatoms. The average molecular weight is 382 g/mol. The SMILES string of the molecule is COc1cc(NC(=S)Nc2cnn(Cc3ccc(C)cc3)c2)cc(OC)c1. The van der Waals surface area contributed by atoms with Crippen molar-refractivity contribution in [2.24, 2.45) is 0 Å². The van der Waals surface area contributed by atoms with E-state index in [1.165, 1.54) is 11.1 Å². The van der Waals surface area contributed by atoms with E-state index >= 15 is 0 Å². The van der Waals surface area contributed by atoms with Gasteiger partial charge in [-0.2, -0.15) is 5.10 Å². The minimum absolute atomic E-state index is 0.459. The highest BCUT2D eigenvalue weighted by molar-refractivity contribution is 7.80. The third kappa shape index (κ3) is 5.21. The maximum atomic E-state index is 5.39. The molecule has 3 aromatic rings. The molecule has 0 saturated heterocycles. The standard InChI is InChI=1S/C20H22N4O2S/c1-14-4-6-15(7-5-14)12-24-13-17(11-21-24)23-20(27)22-16-8-18(25-2)10-19(9-16)26-3/h4-11,13H,12H2,1-3H3,(H2,22,23,27). The normalized spacial score (nSPS) is 10.3. The summed E-state index contributed by atoms with van der Waals surface area (Å²) in [6.07, 6.45) is 3.66. The van der Waals surface area contributed by atoms with Crippen LogP contribution < -0.4 is 20.1 Å². The Morgan fingerprint density at radius 3 is 2.26 bits per heavy atom. The number of nitrogens with zero attached hydrogens (tertiary/aromatic N) is 2. The van der Waals surface area contributed by atoms with Crippen LogP contribution in [0.3, 0.4) is 0 Å². The molecule has 6 nitrogen and oxygen atoms in total. The van der Waals surface area contributed by atoms with Crippen molar-refractivity contribution in [2.45, 2.75) is 13.5 Å². The summed E-state index contributed by atoms with van der Waals surface area (Å²) in [5, 5.41) is 11.1. The Kier molecular flexibility index (Phi) is 5.93. The summed E-state index contributed by atoms with van der Waals surface area (Å²) < 4.78 is 12.4. The number of anilines is 2. The number of hydrogen-bond acceptors (Lipinski definition) is 4. The summed E-state index contributed by atoms with van der Waals surface area (Å²) in [7, 11) is 3.22. The number of benzene rings is 2. The molecule has 0 fully saturated rings. The third-order valence-corrected chi connectivity index (χ3v) is 4.17. The Bertz CT molecular complexity index is 900. The van der Waals surface area contributed by atoms with E-state index in [1.54, 1.807) is 26.5 Å². The van der Waals surface area contributed by atoms with Crippen LogP contribution in [-0.4, -0.2) is 29.1 Å². The van der Waals surface area contributed by atoms with E-state index in [0.29, 0.717) is 23.2 Å². The second-order valence-electron chi connectivity index (χ2n) is 6.09. The van der Waals surface area contributed by atoms with Crippen molar-refractivity contribution < 1.29 is 9.47 Å². The summed E-state index contributed by atoms with van der Waals surface area (Å²) >= 11 is 5.39. The highest BCUT2D eigenvalue weighted by Gasteiger charge is 2.06. The second kappa shape index (κ2) is 8.55. The van der Waals surface area contributed by atoms with Crippen molar-refractivity contribution in [2.75, 3.05) is 24.9 Å². The molecule has 1 heterocycles.